The third-order valence-electron chi connectivity index (χ3n) is 2.36. The molecule has 17 heavy (non-hydrogen) atoms. The summed E-state index contributed by atoms with van der Waals surface area (Å²) < 4.78 is 5.98. The highest BCUT2D eigenvalue weighted by Gasteiger charge is 2.06. The van der Waals surface area contributed by atoms with Gasteiger partial charge in [0.05, 0.1) is 11.6 Å². The maximum absolute atomic E-state index is 5.72. The molecule has 0 atom stereocenters. The van der Waals surface area contributed by atoms with Gasteiger partial charge in [-0.05, 0) is 22.0 Å². The maximum Gasteiger partial charge on any atom is 0.141 e. The number of aromatic nitrogens is 2. The van der Waals surface area contributed by atoms with Crippen molar-refractivity contribution >= 4 is 21.7 Å². The first kappa shape index (κ1) is 11.9. The second kappa shape index (κ2) is 5.14. The monoisotopic (exact) mass is 293 g/mol. The Morgan fingerprint density at radius 3 is 2.82 bits per heavy atom. The predicted octanol–water partition coefficient (Wildman–Crippen LogP) is 2.42. The number of benzene rings is 1. The molecule has 0 aliphatic carbocycles. The van der Waals surface area contributed by atoms with E-state index in [0.29, 0.717) is 22.5 Å². The van der Waals surface area contributed by atoms with Crippen molar-refractivity contribution in [3.05, 3.63) is 46.3 Å². The van der Waals surface area contributed by atoms with Gasteiger partial charge in [0.25, 0.3) is 0 Å². The van der Waals surface area contributed by atoms with E-state index < -0.39 is 0 Å². The lowest BCUT2D eigenvalue weighted by atomic mass is 10.1. The number of nitrogen functional groups attached to an aromatic ring is 1. The SMILES string of the molecule is COc1ccccc1Cc1ncc(Br)c(N)n1. The molecule has 0 fully saturated rings. The zero-order valence-corrected chi connectivity index (χ0v) is 10.9. The molecule has 5 heteroatoms. The van der Waals surface area contributed by atoms with Crippen molar-refractivity contribution in [1.82, 2.24) is 9.97 Å². The normalized spacial score (nSPS) is 10.2. The van der Waals surface area contributed by atoms with Crippen LogP contribution < -0.4 is 10.5 Å². The van der Waals surface area contributed by atoms with Crippen molar-refractivity contribution in [1.29, 1.82) is 0 Å². The van der Waals surface area contributed by atoms with Crippen LogP contribution in [0.4, 0.5) is 5.82 Å². The second-order valence-electron chi connectivity index (χ2n) is 3.51. The van der Waals surface area contributed by atoms with Crippen LogP contribution in [0.5, 0.6) is 5.75 Å². The van der Waals surface area contributed by atoms with Gasteiger partial charge in [-0.1, -0.05) is 18.2 Å². The molecule has 2 rings (SSSR count). The standard InChI is InChI=1S/C12H12BrN3O/c1-17-10-5-3-2-4-8(10)6-11-15-7-9(13)12(14)16-11/h2-5,7H,6H2,1H3,(H2,14,15,16). The number of nitrogens with zero attached hydrogens (tertiary/aromatic N) is 2. The number of hydrogen-bond donors (Lipinski definition) is 1. The molecule has 0 amide bonds. The van der Waals surface area contributed by atoms with Crippen LogP contribution in [-0.2, 0) is 6.42 Å². The molecule has 0 aliphatic rings. The number of nitrogens with two attached hydrogens (primary N) is 1. The molecule has 0 saturated heterocycles. The quantitative estimate of drug-likeness (QED) is 0.944. The number of anilines is 1. The fraction of sp³-hybridized carbons (Fsp3) is 0.167. The van der Waals surface area contributed by atoms with Crippen molar-refractivity contribution in [2.24, 2.45) is 0 Å². The minimum absolute atomic E-state index is 0.449. The van der Waals surface area contributed by atoms with E-state index in [1.54, 1.807) is 13.3 Å². The van der Waals surface area contributed by atoms with Crippen molar-refractivity contribution in [3.8, 4) is 5.75 Å². The largest absolute Gasteiger partial charge is 0.496 e. The number of rotatable bonds is 3. The molecule has 4 nitrogen and oxygen atoms in total. The summed E-state index contributed by atoms with van der Waals surface area (Å²) in [5.74, 6) is 1.96. The first-order valence-electron chi connectivity index (χ1n) is 5.09. The van der Waals surface area contributed by atoms with Crippen molar-refractivity contribution in [3.63, 3.8) is 0 Å². The van der Waals surface area contributed by atoms with Gasteiger partial charge in [-0.2, -0.15) is 0 Å². The highest BCUT2D eigenvalue weighted by atomic mass is 79.9. The Balaban J connectivity index is 2.28. The van der Waals surface area contributed by atoms with Crippen LogP contribution in [0.2, 0.25) is 0 Å². The fourth-order valence-electron chi connectivity index (χ4n) is 1.52. The van der Waals surface area contributed by atoms with Crippen LogP contribution in [0.25, 0.3) is 0 Å². The Labute approximate surface area is 108 Å². The van der Waals surface area contributed by atoms with Crippen LogP contribution >= 0.6 is 15.9 Å². The van der Waals surface area contributed by atoms with Gasteiger partial charge in [-0.3, -0.25) is 0 Å². The lowest BCUT2D eigenvalue weighted by Gasteiger charge is -2.07. The van der Waals surface area contributed by atoms with Crippen molar-refractivity contribution in [2.75, 3.05) is 12.8 Å². The zero-order chi connectivity index (χ0) is 12.3. The molecule has 0 bridgehead atoms. The van der Waals surface area contributed by atoms with E-state index in [1.807, 2.05) is 24.3 Å². The average Bonchev–Trinajstić information content (AvgIpc) is 2.34. The average molecular weight is 294 g/mol. The van der Waals surface area contributed by atoms with E-state index in [1.165, 1.54) is 0 Å². The van der Waals surface area contributed by atoms with Crippen molar-refractivity contribution in [2.45, 2.75) is 6.42 Å². The Morgan fingerprint density at radius 1 is 1.35 bits per heavy atom. The minimum atomic E-state index is 0.449. The number of para-hydroxylation sites is 1. The number of ether oxygens (including phenoxy) is 1. The number of halogens is 1. The Bertz CT molecular complexity index is 531. The van der Waals surface area contributed by atoms with Crippen LogP contribution in [0.15, 0.2) is 34.9 Å². The van der Waals surface area contributed by atoms with Gasteiger partial charge in [-0.15, -0.1) is 0 Å². The highest BCUT2D eigenvalue weighted by molar-refractivity contribution is 9.10. The second-order valence-corrected chi connectivity index (χ2v) is 4.36. The van der Waals surface area contributed by atoms with E-state index >= 15 is 0 Å². The van der Waals surface area contributed by atoms with E-state index in [4.69, 9.17) is 10.5 Å². The highest BCUT2D eigenvalue weighted by Crippen LogP contribution is 2.21. The summed E-state index contributed by atoms with van der Waals surface area (Å²) in [6.45, 7) is 0. The van der Waals surface area contributed by atoms with E-state index in [-0.39, 0.29) is 0 Å². The van der Waals surface area contributed by atoms with Gasteiger partial charge in [0.1, 0.15) is 17.4 Å². The van der Waals surface area contributed by atoms with Gasteiger partial charge >= 0.3 is 0 Å². The van der Waals surface area contributed by atoms with Gasteiger partial charge in [0.15, 0.2) is 0 Å². The summed E-state index contributed by atoms with van der Waals surface area (Å²) in [5, 5.41) is 0. The molecule has 2 aromatic rings. The molecule has 0 aliphatic heterocycles. The van der Waals surface area contributed by atoms with E-state index in [9.17, 15) is 0 Å². The molecule has 88 valence electrons. The summed E-state index contributed by atoms with van der Waals surface area (Å²) in [4.78, 5) is 8.42. The summed E-state index contributed by atoms with van der Waals surface area (Å²) in [5.41, 5.74) is 6.75. The Morgan fingerprint density at radius 2 is 2.12 bits per heavy atom. The molecule has 0 radical (unpaired) electrons. The molecule has 0 spiro atoms. The summed E-state index contributed by atoms with van der Waals surface area (Å²) in [6.07, 6.45) is 2.26. The smallest absolute Gasteiger partial charge is 0.141 e. The van der Waals surface area contributed by atoms with E-state index in [0.717, 1.165) is 11.3 Å². The zero-order valence-electron chi connectivity index (χ0n) is 9.35. The summed E-state index contributed by atoms with van der Waals surface area (Å²) in [7, 11) is 1.65. The van der Waals surface area contributed by atoms with Crippen LogP contribution in [0, 0.1) is 0 Å². The maximum atomic E-state index is 5.72. The predicted molar refractivity (Wildman–Crippen MR) is 69.9 cm³/mol. The molecule has 2 N–H and O–H groups in total. The third-order valence-corrected chi connectivity index (χ3v) is 2.97. The number of methoxy groups -OCH3 is 1. The number of hydrogen-bond acceptors (Lipinski definition) is 4. The van der Waals surface area contributed by atoms with Crippen LogP contribution in [0.3, 0.4) is 0 Å². The molecule has 1 heterocycles. The van der Waals surface area contributed by atoms with Crippen molar-refractivity contribution < 1.29 is 4.74 Å². The Hall–Kier alpha value is -1.62. The molecule has 0 saturated carbocycles. The van der Waals surface area contributed by atoms with Crippen LogP contribution in [-0.4, -0.2) is 17.1 Å². The van der Waals surface area contributed by atoms with Gasteiger partial charge in [-0.25, -0.2) is 9.97 Å². The Kier molecular flexibility index (Phi) is 3.58. The molecular formula is C12H12BrN3O. The lowest BCUT2D eigenvalue weighted by molar-refractivity contribution is 0.410. The lowest BCUT2D eigenvalue weighted by Crippen LogP contribution is -2.02. The fourth-order valence-corrected chi connectivity index (χ4v) is 1.71. The van der Waals surface area contributed by atoms with E-state index in [2.05, 4.69) is 25.9 Å². The first-order chi connectivity index (χ1) is 8.20. The summed E-state index contributed by atoms with van der Waals surface area (Å²) >= 11 is 3.27. The topological polar surface area (TPSA) is 61.0 Å². The van der Waals surface area contributed by atoms with Gasteiger partial charge in [0, 0.05) is 18.2 Å². The summed E-state index contributed by atoms with van der Waals surface area (Å²) in [6, 6.07) is 7.79. The first-order valence-corrected chi connectivity index (χ1v) is 5.89. The van der Waals surface area contributed by atoms with Crippen LogP contribution in [0.1, 0.15) is 11.4 Å². The molecular weight excluding hydrogens is 282 g/mol. The van der Waals surface area contributed by atoms with Gasteiger partial charge in [0.2, 0.25) is 0 Å². The minimum Gasteiger partial charge on any atom is -0.496 e. The third kappa shape index (κ3) is 2.74. The molecule has 1 aromatic heterocycles. The molecule has 0 unspecified atom stereocenters. The molecule has 1 aromatic carbocycles. The van der Waals surface area contributed by atoms with Gasteiger partial charge < -0.3 is 10.5 Å².